The molecule has 1 fully saturated rings. The zero-order valence-corrected chi connectivity index (χ0v) is 9.08. The average Bonchev–Trinajstić information content (AvgIpc) is 2.64. The summed E-state index contributed by atoms with van der Waals surface area (Å²) in [5.74, 6) is 0. The van der Waals surface area contributed by atoms with Crippen LogP contribution in [0.15, 0.2) is 0 Å². The Bertz CT molecular complexity index is 177. The molecule has 82 valence electrons. The molecular weight excluding hydrogens is 180 g/mol. The third-order valence-electron chi connectivity index (χ3n) is 2.22. The van der Waals surface area contributed by atoms with Crippen molar-refractivity contribution in [1.82, 2.24) is 10.2 Å². The maximum atomic E-state index is 11.4. The van der Waals surface area contributed by atoms with Gasteiger partial charge in [-0.3, -0.25) is 0 Å². The summed E-state index contributed by atoms with van der Waals surface area (Å²) in [5, 5.41) is 2.84. The second-order valence-corrected chi connectivity index (χ2v) is 3.85. The maximum absolute atomic E-state index is 11.4. The van der Waals surface area contributed by atoms with Crippen LogP contribution >= 0.6 is 0 Å². The zero-order valence-electron chi connectivity index (χ0n) is 9.08. The molecule has 0 bridgehead atoms. The molecule has 2 amide bonds. The number of hydrogen-bond donors (Lipinski definition) is 1. The molecule has 0 aliphatic carbocycles. The van der Waals surface area contributed by atoms with Gasteiger partial charge in [0.1, 0.15) is 0 Å². The molecule has 1 aliphatic heterocycles. The van der Waals surface area contributed by atoms with Gasteiger partial charge in [0.05, 0.1) is 12.7 Å². The molecule has 0 atom stereocenters. The average molecular weight is 200 g/mol. The minimum atomic E-state index is 0.0508. The first-order valence-electron chi connectivity index (χ1n) is 5.34. The molecule has 1 heterocycles. The molecular formula is C10H20N2O2. The van der Waals surface area contributed by atoms with E-state index in [2.05, 4.69) is 5.32 Å². The molecule has 4 nitrogen and oxygen atoms in total. The van der Waals surface area contributed by atoms with Crippen LogP contribution in [0, 0.1) is 0 Å². The summed E-state index contributed by atoms with van der Waals surface area (Å²) in [4.78, 5) is 13.3. The molecule has 0 saturated carbocycles. The lowest BCUT2D eigenvalue weighted by Gasteiger charge is -2.16. The van der Waals surface area contributed by atoms with Crippen molar-refractivity contribution in [2.24, 2.45) is 0 Å². The summed E-state index contributed by atoms with van der Waals surface area (Å²) < 4.78 is 5.32. The highest BCUT2D eigenvalue weighted by Gasteiger charge is 2.16. The van der Waals surface area contributed by atoms with Crippen LogP contribution in [0.5, 0.6) is 0 Å². The van der Waals surface area contributed by atoms with Crippen molar-refractivity contribution in [3.63, 3.8) is 0 Å². The fourth-order valence-electron chi connectivity index (χ4n) is 1.48. The Kier molecular flexibility index (Phi) is 4.73. The third kappa shape index (κ3) is 3.96. The molecule has 4 heteroatoms. The first kappa shape index (κ1) is 11.3. The highest BCUT2D eigenvalue weighted by molar-refractivity contribution is 5.74. The minimum absolute atomic E-state index is 0.0508. The van der Waals surface area contributed by atoms with Gasteiger partial charge in [0.15, 0.2) is 0 Å². The van der Waals surface area contributed by atoms with Gasteiger partial charge in [-0.15, -0.1) is 0 Å². The van der Waals surface area contributed by atoms with E-state index in [9.17, 15) is 4.79 Å². The molecule has 0 radical (unpaired) electrons. The molecule has 14 heavy (non-hydrogen) atoms. The SMILES string of the molecule is CC(C)OCCNC(=O)N1CCCC1. The summed E-state index contributed by atoms with van der Waals surface area (Å²) in [6.07, 6.45) is 2.50. The van der Waals surface area contributed by atoms with E-state index in [0.29, 0.717) is 13.2 Å². The number of likely N-dealkylation sites (tertiary alicyclic amines) is 1. The van der Waals surface area contributed by atoms with E-state index < -0.39 is 0 Å². The van der Waals surface area contributed by atoms with Crippen LogP contribution in [0.1, 0.15) is 26.7 Å². The van der Waals surface area contributed by atoms with Crippen molar-refractivity contribution in [3.05, 3.63) is 0 Å². The van der Waals surface area contributed by atoms with Gasteiger partial charge in [-0.2, -0.15) is 0 Å². The molecule has 0 aromatic carbocycles. The van der Waals surface area contributed by atoms with Crippen molar-refractivity contribution in [3.8, 4) is 0 Å². The Hall–Kier alpha value is -0.770. The number of carbonyl (C=O) groups excluding carboxylic acids is 1. The third-order valence-corrected chi connectivity index (χ3v) is 2.22. The van der Waals surface area contributed by atoms with Gasteiger partial charge in [0.2, 0.25) is 0 Å². The van der Waals surface area contributed by atoms with Gasteiger partial charge in [-0.25, -0.2) is 4.79 Å². The zero-order chi connectivity index (χ0) is 10.4. The largest absolute Gasteiger partial charge is 0.377 e. The topological polar surface area (TPSA) is 41.6 Å². The van der Waals surface area contributed by atoms with E-state index in [4.69, 9.17) is 4.74 Å². The standard InChI is InChI=1S/C10H20N2O2/c1-9(2)14-8-5-11-10(13)12-6-3-4-7-12/h9H,3-8H2,1-2H3,(H,11,13). The second-order valence-electron chi connectivity index (χ2n) is 3.85. The summed E-state index contributed by atoms with van der Waals surface area (Å²) >= 11 is 0. The van der Waals surface area contributed by atoms with Crippen LogP contribution in [-0.2, 0) is 4.74 Å². The van der Waals surface area contributed by atoms with Crippen LogP contribution in [0.4, 0.5) is 4.79 Å². The predicted octanol–water partition coefficient (Wildman–Crippen LogP) is 1.22. The lowest BCUT2D eigenvalue weighted by atomic mass is 10.4. The van der Waals surface area contributed by atoms with Crippen LogP contribution in [0.25, 0.3) is 0 Å². The smallest absolute Gasteiger partial charge is 0.317 e. The number of rotatable bonds is 4. The number of amides is 2. The first-order chi connectivity index (χ1) is 6.70. The van der Waals surface area contributed by atoms with Crippen molar-refractivity contribution >= 4 is 6.03 Å². The van der Waals surface area contributed by atoms with E-state index in [-0.39, 0.29) is 12.1 Å². The fourth-order valence-corrected chi connectivity index (χ4v) is 1.48. The number of hydrogen-bond acceptors (Lipinski definition) is 2. The van der Waals surface area contributed by atoms with Gasteiger partial charge in [-0.05, 0) is 26.7 Å². The maximum Gasteiger partial charge on any atom is 0.317 e. The van der Waals surface area contributed by atoms with Crippen molar-refractivity contribution in [1.29, 1.82) is 0 Å². The van der Waals surface area contributed by atoms with Crippen molar-refractivity contribution < 1.29 is 9.53 Å². The number of nitrogens with zero attached hydrogens (tertiary/aromatic N) is 1. The van der Waals surface area contributed by atoms with E-state index in [1.54, 1.807) is 0 Å². The van der Waals surface area contributed by atoms with Crippen molar-refractivity contribution in [2.45, 2.75) is 32.8 Å². The quantitative estimate of drug-likeness (QED) is 0.693. The first-order valence-corrected chi connectivity index (χ1v) is 5.34. The Balaban J connectivity index is 2.03. The Morgan fingerprint density at radius 3 is 2.64 bits per heavy atom. The van der Waals surface area contributed by atoms with E-state index >= 15 is 0 Å². The van der Waals surface area contributed by atoms with Gasteiger partial charge in [-0.1, -0.05) is 0 Å². The summed E-state index contributed by atoms with van der Waals surface area (Å²) in [5.41, 5.74) is 0. The van der Waals surface area contributed by atoms with Crippen molar-refractivity contribution in [2.75, 3.05) is 26.2 Å². The molecule has 0 spiro atoms. The Morgan fingerprint density at radius 2 is 2.07 bits per heavy atom. The lowest BCUT2D eigenvalue weighted by Crippen LogP contribution is -2.39. The van der Waals surface area contributed by atoms with Crippen LogP contribution in [-0.4, -0.2) is 43.3 Å². The molecule has 1 N–H and O–H groups in total. The van der Waals surface area contributed by atoms with Crippen LogP contribution in [0.2, 0.25) is 0 Å². The highest BCUT2D eigenvalue weighted by atomic mass is 16.5. The normalized spacial score (nSPS) is 16.4. The Morgan fingerprint density at radius 1 is 1.43 bits per heavy atom. The molecule has 1 saturated heterocycles. The summed E-state index contributed by atoms with van der Waals surface area (Å²) in [6.45, 7) is 6.98. The molecule has 0 unspecified atom stereocenters. The summed E-state index contributed by atoms with van der Waals surface area (Å²) in [7, 11) is 0. The molecule has 1 aliphatic rings. The van der Waals surface area contributed by atoms with Crippen LogP contribution in [0.3, 0.4) is 0 Å². The minimum Gasteiger partial charge on any atom is -0.377 e. The lowest BCUT2D eigenvalue weighted by molar-refractivity contribution is 0.0809. The number of nitrogens with one attached hydrogen (secondary N) is 1. The van der Waals surface area contributed by atoms with Crippen LogP contribution < -0.4 is 5.32 Å². The number of carbonyl (C=O) groups is 1. The molecule has 1 rings (SSSR count). The van der Waals surface area contributed by atoms with Gasteiger partial charge in [0.25, 0.3) is 0 Å². The van der Waals surface area contributed by atoms with Gasteiger partial charge >= 0.3 is 6.03 Å². The molecule has 0 aromatic rings. The van der Waals surface area contributed by atoms with E-state index in [1.165, 1.54) is 0 Å². The number of ether oxygens (including phenoxy) is 1. The fraction of sp³-hybridized carbons (Fsp3) is 0.900. The predicted molar refractivity (Wildman–Crippen MR) is 55.3 cm³/mol. The highest BCUT2D eigenvalue weighted by Crippen LogP contribution is 2.06. The van der Waals surface area contributed by atoms with E-state index in [1.807, 2.05) is 18.7 Å². The van der Waals surface area contributed by atoms with Gasteiger partial charge < -0.3 is 15.0 Å². The van der Waals surface area contributed by atoms with Gasteiger partial charge in [0, 0.05) is 19.6 Å². The van der Waals surface area contributed by atoms with E-state index in [0.717, 1.165) is 25.9 Å². The summed E-state index contributed by atoms with van der Waals surface area (Å²) in [6, 6.07) is 0.0508. The Labute approximate surface area is 85.6 Å². The molecule has 0 aromatic heterocycles. The monoisotopic (exact) mass is 200 g/mol. The number of urea groups is 1. The second kappa shape index (κ2) is 5.86.